The molecule has 2 aliphatic rings. The zero-order valence-electron chi connectivity index (χ0n) is 13.3. The molecule has 2 atom stereocenters. The Labute approximate surface area is 124 Å². The van der Waals surface area contributed by atoms with Gasteiger partial charge >= 0.3 is 0 Å². The van der Waals surface area contributed by atoms with Crippen LogP contribution in [0.2, 0.25) is 0 Å². The molecule has 1 aromatic rings. The van der Waals surface area contributed by atoms with Gasteiger partial charge in [0.2, 0.25) is 0 Å². The fourth-order valence-corrected chi connectivity index (χ4v) is 3.22. The maximum absolute atomic E-state index is 3.70. The molecule has 0 amide bonds. The molecule has 3 rings (SSSR count). The van der Waals surface area contributed by atoms with E-state index in [0.717, 1.165) is 17.9 Å². The average molecular weight is 271 g/mol. The van der Waals surface area contributed by atoms with E-state index < -0.39 is 0 Å². The lowest BCUT2D eigenvalue weighted by molar-refractivity contribution is 0.170. The second-order valence-corrected chi connectivity index (χ2v) is 7.93. The van der Waals surface area contributed by atoms with E-state index in [1.165, 1.54) is 49.8 Å². The average Bonchev–Trinajstić information content (AvgIpc) is 3.18. The van der Waals surface area contributed by atoms with Crippen molar-refractivity contribution in [1.29, 1.82) is 0 Å². The van der Waals surface area contributed by atoms with Gasteiger partial charge in [-0.1, -0.05) is 45.0 Å². The number of hydrogen-bond acceptors (Lipinski definition) is 1. The number of hydrogen-bond donors (Lipinski definition) is 1. The highest BCUT2D eigenvalue weighted by Gasteiger charge is 2.32. The molecule has 1 N–H and O–H groups in total. The van der Waals surface area contributed by atoms with Crippen LogP contribution in [0.3, 0.4) is 0 Å². The normalized spacial score (nSPS) is 26.4. The quantitative estimate of drug-likeness (QED) is 0.841. The van der Waals surface area contributed by atoms with Gasteiger partial charge in [-0.25, -0.2) is 0 Å². The monoisotopic (exact) mass is 271 g/mol. The number of nitrogens with one attached hydrogen (secondary N) is 1. The molecule has 0 heterocycles. The lowest BCUT2D eigenvalue weighted by Gasteiger charge is -2.37. The maximum atomic E-state index is 3.70. The third-order valence-corrected chi connectivity index (χ3v) is 5.14. The predicted molar refractivity (Wildman–Crippen MR) is 86.1 cm³/mol. The van der Waals surface area contributed by atoms with E-state index in [2.05, 4.69) is 50.4 Å². The van der Waals surface area contributed by atoms with Crippen LogP contribution in [-0.4, -0.2) is 12.6 Å². The molecule has 1 nitrogen and oxygen atoms in total. The minimum atomic E-state index is 0.270. The SMILES string of the molecule is CC(C)(C)c1ccc(CC2CCC2CNC2CC2)cc1. The molecule has 0 bridgehead atoms. The Hall–Kier alpha value is -0.820. The topological polar surface area (TPSA) is 12.0 Å². The van der Waals surface area contributed by atoms with Crippen LogP contribution in [0.15, 0.2) is 24.3 Å². The van der Waals surface area contributed by atoms with Crippen LogP contribution in [0.25, 0.3) is 0 Å². The second-order valence-electron chi connectivity index (χ2n) is 7.93. The van der Waals surface area contributed by atoms with Crippen molar-refractivity contribution < 1.29 is 0 Å². The summed E-state index contributed by atoms with van der Waals surface area (Å²) in [7, 11) is 0. The van der Waals surface area contributed by atoms with Crippen LogP contribution in [0.4, 0.5) is 0 Å². The Kier molecular flexibility index (Phi) is 3.90. The van der Waals surface area contributed by atoms with Crippen molar-refractivity contribution >= 4 is 0 Å². The van der Waals surface area contributed by atoms with Crippen LogP contribution in [0.1, 0.15) is 57.6 Å². The largest absolute Gasteiger partial charge is 0.314 e. The van der Waals surface area contributed by atoms with Crippen molar-refractivity contribution in [3.05, 3.63) is 35.4 Å². The molecule has 2 unspecified atom stereocenters. The number of rotatable bonds is 5. The first kappa shape index (κ1) is 14.1. The Morgan fingerprint density at radius 1 is 0.950 bits per heavy atom. The van der Waals surface area contributed by atoms with Crippen LogP contribution in [0, 0.1) is 11.8 Å². The van der Waals surface area contributed by atoms with Gasteiger partial charge in [-0.15, -0.1) is 0 Å². The first-order valence-electron chi connectivity index (χ1n) is 8.35. The molecule has 1 heteroatoms. The lowest BCUT2D eigenvalue weighted by Crippen LogP contribution is -2.37. The molecular formula is C19H29N. The molecule has 2 aliphatic carbocycles. The summed E-state index contributed by atoms with van der Waals surface area (Å²) >= 11 is 0. The van der Waals surface area contributed by atoms with Crippen molar-refractivity contribution in [3.63, 3.8) is 0 Å². The molecule has 0 aromatic heterocycles. The first-order chi connectivity index (χ1) is 9.52. The molecule has 0 aliphatic heterocycles. The van der Waals surface area contributed by atoms with Gasteiger partial charge in [0.15, 0.2) is 0 Å². The first-order valence-corrected chi connectivity index (χ1v) is 8.35. The minimum Gasteiger partial charge on any atom is -0.314 e. The van der Waals surface area contributed by atoms with Crippen molar-refractivity contribution in [3.8, 4) is 0 Å². The third-order valence-electron chi connectivity index (χ3n) is 5.14. The lowest BCUT2D eigenvalue weighted by atomic mass is 9.70. The standard InChI is InChI=1S/C19H29N/c1-19(2,3)17-8-4-14(5-9-17)12-15-6-7-16(15)13-20-18-10-11-18/h4-5,8-9,15-16,18,20H,6-7,10-13H2,1-3H3. The second kappa shape index (κ2) is 5.52. The van der Waals surface area contributed by atoms with E-state index in [9.17, 15) is 0 Å². The Morgan fingerprint density at radius 2 is 1.60 bits per heavy atom. The molecule has 20 heavy (non-hydrogen) atoms. The van der Waals surface area contributed by atoms with Crippen molar-refractivity contribution in [1.82, 2.24) is 5.32 Å². The predicted octanol–water partition coefficient (Wildman–Crippen LogP) is 4.30. The molecule has 110 valence electrons. The summed E-state index contributed by atoms with van der Waals surface area (Å²) in [5, 5.41) is 3.70. The summed E-state index contributed by atoms with van der Waals surface area (Å²) in [5.74, 6) is 1.85. The van der Waals surface area contributed by atoms with Crippen molar-refractivity contribution in [2.24, 2.45) is 11.8 Å². The molecule has 0 spiro atoms. The van der Waals surface area contributed by atoms with E-state index >= 15 is 0 Å². The smallest absolute Gasteiger partial charge is 0.00683 e. The summed E-state index contributed by atoms with van der Waals surface area (Å²) in [4.78, 5) is 0. The van der Waals surface area contributed by atoms with Gasteiger partial charge in [0.05, 0.1) is 0 Å². The highest BCUT2D eigenvalue weighted by Crippen LogP contribution is 2.37. The van der Waals surface area contributed by atoms with Gasteiger partial charge < -0.3 is 5.32 Å². The fourth-order valence-electron chi connectivity index (χ4n) is 3.22. The van der Waals surface area contributed by atoms with E-state index in [1.807, 2.05) is 0 Å². The highest BCUT2D eigenvalue weighted by atomic mass is 14.9. The van der Waals surface area contributed by atoms with Gasteiger partial charge in [0, 0.05) is 6.04 Å². The zero-order chi connectivity index (χ0) is 14.2. The fraction of sp³-hybridized carbons (Fsp3) is 0.684. The van der Waals surface area contributed by atoms with Crippen molar-refractivity contribution in [2.75, 3.05) is 6.54 Å². The van der Waals surface area contributed by atoms with Gasteiger partial charge in [0.1, 0.15) is 0 Å². The summed E-state index contributed by atoms with van der Waals surface area (Å²) in [6.07, 6.45) is 6.96. The van der Waals surface area contributed by atoms with Crippen LogP contribution in [-0.2, 0) is 11.8 Å². The van der Waals surface area contributed by atoms with Gasteiger partial charge in [0.25, 0.3) is 0 Å². The molecular weight excluding hydrogens is 242 g/mol. The van der Waals surface area contributed by atoms with E-state index in [4.69, 9.17) is 0 Å². The Balaban J connectivity index is 1.52. The number of benzene rings is 1. The summed E-state index contributed by atoms with van der Waals surface area (Å²) in [6.45, 7) is 8.12. The van der Waals surface area contributed by atoms with Crippen LogP contribution in [0.5, 0.6) is 0 Å². The van der Waals surface area contributed by atoms with Gasteiger partial charge in [-0.2, -0.15) is 0 Å². The summed E-state index contributed by atoms with van der Waals surface area (Å²) in [6, 6.07) is 10.2. The highest BCUT2D eigenvalue weighted by molar-refractivity contribution is 5.28. The van der Waals surface area contributed by atoms with Crippen LogP contribution < -0.4 is 5.32 Å². The zero-order valence-corrected chi connectivity index (χ0v) is 13.3. The van der Waals surface area contributed by atoms with Gasteiger partial charge in [-0.05, 0) is 67.0 Å². The van der Waals surface area contributed by atoms with Crippen molar-refractivity contribution in [2.45, 2.75) is 64.3 Å². The molecule has 2 fully saturated rings. The minimum absolute atomic E-state index is 0.270. The van der Waals surface area contributed by atoms with Crippen LogP contribution >= 0.6 is 0 Å². The molecule has 0 saturated heterocycles. The molecule has 0 radical (unpaired) electrons. The summed E-state index contributed by atoms with van der Waals surface area (Å²) in [5.41, 5.74) is 3.24. The Bertz CT molecular complexity index is 436. The van der Waals surface area contributed by atoms with Gasteiger partial charge in [-0.3, -0.25) is 0 Å². The third kappa shape index (κ3) is 3.44. The maximum Gasteiger partial charge on any atom is 0.00683 e. The summed E-state index contributed by atoms with van der Waals surface area (Å²) < 4.78 is 0. The van der Waals surface area contributed by atoms with E-state index in [1.54, 1.807) is 0 Å². The van der Waals surface area contributed by atoms with E-state index in [-0.39, 0.29) is 5.41 Å². The molecule has 2 saturated carbocycles. The van der Waals surface area contributed by atoms with E-state index in [0.29, 0.717) is 0 Å². The Morgan fingerprint density at radius 3 is 2.10 bits per heavy atom. The molecule has 1 aromatic carbocycles.